The Kier molecular flexibility index (Phi) is 3.13. The van der Waals surface area contributed by atoms with Gasteiger partial charge >= 0.3 is 0 Å². The molecule has 0 aromatic heterocycles. The van der Waals surface area contributed by atoms with Gasteiger partial charge in [-0.3, -0.25) is 0 Å². The number of hydrogen-bond acceptors (Lipinski definition) is 2. The van der Waals surface area contributed by atoms with Gasteiger partial charge in [0.15, 0.2) is 0 Å². The highest BCUT2D eigenvalue weighted by Crippen LogP contribution is 2.50. The highest BCUT2D eigenvalue weighted by atomic mass is 15.2. The van der Waals surface area contributed by atoms with Crippen molar-refractivity contribution < 1.29 is 0 Å². The molecule has 0 amide bonds. The van der Waals surface area contributed by atoms with Crippen molar-refractivity contribution in [1.29, 1.82) is 0 Å². The molecule has 2 N–H and O–H groups in total. The van der Waals surface area contributed by atoms with E-state index in [9.17, 15) is 0 Å². The summed E-state index contributed by atoms with van der Waals surface area (Å²) in [6, 6.07) is 0. The first kappa shape index (κ1) is 10.4. The molecule has 2 nitrogen and oxygen atoms in total. The minimum atomic E-state index is 0.734. The van der Waals surface area contributed by atoms with Gasteiger partial charge in [0.1, 0.15) is 0 Å². The molecule has 2 aliphatic rings. The number of rotatable bonds is 5. The first-order valence-corrected chi connectivity index (χ1v) is 6.20. The maximum absolute atomic E-state index is 5.71. The Morgan fingerprint density at radius 2 is 2.21 bits per heavy atom. The van der Waals surface area contributed by atoms with E-state index < -0.39 is 0 Å². The van der Waals surface area contributed by atoms with Gasteiger partial charge in [-0.05, 0) is 50.1 Å². The SMILES string of the molecule is CCCC1(CN2CCC(CN)C2)CC1. The molecule has 1 atom stereocenters. The van der Waals surface area contributed by atoms with Crippen molar-refractivity contribution in [2.45, 2.75) is 39.0 Å². The van der Waals surface area contributed by atoms with Gasteiger partial charge in [-0.1, -0.05) is 13.3 Å². The monoisotopic (exact) mass is 196 g/mol. The second kappa shape index (κ2) is 4.19. The first-order chi connectivity index (χ1) is 6.78. The second-order valence-corrected chi connectivity index (χ2v) is 5.38. The zero-order chi connectivity index (χ0) is 10.0. The van der Waals surface area contributed by atoms with E-state index in [0.717, 1.165) is 17.9 Å². The Hall–Kier alpha value is -0.0800. The van der Waals surface area contributed by atoms with Gasteiger partial charge < -0.3 is 10.6 Å². The highest BCUT2D eigenvalue weighted by Gasteiger charge is 2.43. The van der Waals surface area contributed by atoms with Crippen LogP contribution in [0.3, 0.4) is 0 Å². The first-order valence-electron chi connectivity index (χ1n) is 6.20. The Labute approximate surface area is 87.8 Å². The van der Waals surface area contributed by atoms with Crippen LogP contribution in [0.15, 0.2) is 0 Å². The van der Waals surface area contributed by atoms with E-state index in [4.69, 9.17) is 5.73 Å². The van der Waals surface area contributed by atoms with Crippen LogP contribution in [0.1, 0.15) is 39.0 Å². The molecule has 1 saturated heterocycles. The van der Waals surface area contributed by atoms with Gasteiger partial charge in [0, 0.05) is 13.1 Å². The van der Waals surface area contributed by atoms with Crippen LogP contribution in [0, 0.1) is 11.3 Å². The van der Waals surface area contributed by atoms with E-state index in [0.29, 0.717) is 0 Å². The van der Waals surface area contributed by atoms with Gasteiger partial charge in [-0.15, -0.1) is 0 Å². The van der Waals surface area contributed by atoms with Crippen LogP contribution in [0.4, 0.5) is 0 Å². The molecule has 1 aliphatic heterocycles. The van der Waals surface area contributed by atoms with E-state index in [1.54, 1.807) is 0 Å². The van der Waals surface area contributed by atoms with Crippen LogP contribution >= 0.6 is 0 Å². The molecule has 2 rings (SSSR count). The summed E-state index contributed by atoms with van der Waals surface area (Å²) in [6.07, 6.45) is 7.08. The lowest BCUT2D eigenvalue weighted by atomic mass is 10.0. The number of hydrogen-bond donors (Lipinski definition) is 1. The predicted molar refractivity (Wildman–Crippen MR) is 60.2 cm³/mol. The Morgan fingerprint density at radius 1 is 1.43 bits per heavy atom. The van der Waals surface area contributed by atoms with Crippen molar-refractivity contribution in [1.82, 2.24) is 4.90 Å². The molecule has 0 spiro atoms. The largest absolute Gasteiger partial charge is 0.330 e. The fourth-order valence-electron chi connectivity index (χ4n) is 2.92. The fourth-order valence-corrected chi connectivity index (χ4v) is 2.92. The summed E-state index contributed by atoms with van der Waals surface area (Å²) in [5.41, 5.74) is 6.44. The fraction of sp³-hybridized carbons (Fsp3) is 1.00. The molecule has 0 aromatic carbocycles. The van der Waals surface area contributed by atoms with Crippen LogP contribution in [0.5, 0.6) is 0 Å². The zero-order valence-electron chi connectivity index (χ0n) is 9.47. The molecule has 0 bridgehead atoms. The Bertz CT molecular complexity index is 187. The maximum atomic E-state index is 5.71. The summed E-state index contributed by atoms with van der Waals surface area (Å²) in [4.78, 5) is 2.65. The van der Waals surface area contributed by atoms with Crippen LogP contribution in [-0.2, 0) is 0 Å². The summed E-state index contributed by atoms with van der Waals surface area (Å²) in [5.74, 6) is 0.785. The van der Waals surface area contributed by atoms with Crippen molar-refractivity contribution in [3.8, 4) is 0 Å². The third kappa shape index (κ3) is 2.29. The van der Waals surface area contributed by atoms with Crippen molar-refractivity contribution in [3.05, 3.63) is 0 Å². The molecule has 1 unspecified atom stereocenters. The molecule has 2 heteroatoms. The minimum absolute atomic E-state index is 0.734. The lowest BCUT2D eigenvalue weighted by Crippen LogP contribution is -2.29. The molecule has 0 aromatic rings. The Morgan fingerprint density at radius 3 is 2.71 bits per heavy atom. The van der Waals surface area contributed by atoms with Gasteiger partial charge in [-0.2, -0.15) is 0 Å². The van der Waals surface area contributed by atoms with Gasteiger partial charge in [-0.25, -0.2) is 0 Å². The average Bonchev–Trinajstić information content (AvgIpc) is 2.78. The highest BCUT2D eigenvalue weighted by molar-refractivity contribution is 4.96. The number of nitrogens with two attached hydrogens (primary N) is 1. The summed E-state index contributed by atoms with van der Waals surface area (Å²) in [6.45, 7) is 7.12. The lowest BCUT2D eigenvalue weighted by molar-refractivity contribution is 0.245. The summed E-state index contributed by atoms with van der Waals surface area (Å²) in [5, 5.41) is 0. The molecule has 1 saturated carbocycles. The van der Waals surface area contributed by atoms with Crippen LogP contribution in [0.25, 0.3) is 0 Å². The zero-order valence-corrected chi connectivity index (χ0v) is 9.47. The smallest absolute Gasteiger partial charge is 0.00381 e. The normalized spacial score (nSPS) is 30.9. The Balaban J connectivity index is 1.76. The van der Waals surface area contributed by atoms with Gasteiger partial charge in [0.05, 0.1) is 0 Å². The third-order valence-electron chi connectivity index (χ3n) is 4.00. The van der Waals surface area contributed by atoms with E-state index >= 15 is 0 Å². The predicted octanol–water partition coefficient (Wildman–Crippen LogP) is 1.85. The molecule has 2 fully saturated rings. The van der Waals surface area contributed by atoms with Crippen molar-refractivity contribution >= 4 is 0 Å². The minimum Gasteiger partial charge on any atom is -0.330 e. The van der Waals surface area contributed by atoms with E-state index in [1.165, 1.54) is 51.7 Å². The van der Waals surface area contributed by atoms with Gasteiger partial charge in [0.25, 0.3) is 0 Å². The molecule has 82 valence electrons. The number of likely N-dealkylation sites (tertiary alicyclic amines) is 1. The van der Waals surface area contributed by atoms with Crippen LogP contribution in [0.2, 0.25) is 0 Å². The summed E-state index contributed by atoms with van der Waals surface area (Å²) in [7, 11) is 0. The average molecular weight is 196 g/mol. The van der Waals surface area contributed by atoms with E-state index in [1.807, 2.05) is 0 Å². The quantitative estimate of drug-likeness (QED) is 0.727. The molecular formula is C12H24N2. The van der Waals surface area contributed by atoms with Crippen LogP contribution < -0.4 is 5.73 Å². The maximum Gasteiger partial charge on any atom is 0.00381 e. The molecule has 14 heavy (non-hydrogen) atoms. The van der Waals surface area contributed by atoms with Crippen molar-refractivity contribution in [2.75, 3.05) is 26.2 Å². The third-order valence-corrected chi connectivity index (χ3v) is 4.00. The topological polar surface area (TPSA) is 29.3 Å². The van der Waals surface area contributed by atoms with Gasteiger partial charge in [0.2, 0.25) is 0 Å². The van der Waals surface area contributed by atoms with Crippen molar-refractivity contribution in [3.63, 3.8) is 0 Å². The second-order valence-electron chi connectivity index (χ2n) is 5.38. The van der Waals surface area contributed by atoms with Crippen LogP contribution in [-0.4, -0.2) is 31.1 Å². The summed E-state index contributed by atoms with van der Waals surface area (Å²) >= 11 is 0. The molecule has 1 aliphatic carbocycles. The molecule has 1 heterocycles. The number of nitrogens with zero attached hydrogens (tertiary/aromatic N) is 1. The van der Waals surface area contributed by atoms with E-state index in [-0.39, 0.29) is 0 Å². The van der Waals surface area contributed by atoms with Crippen molar-refractivity contribution in [2.24, 2.45) is 17.1 Å². The molecular weight excluding hydrogens is 172 g/mol. The standard InChI is InChI=1S/C12H24N2/c1-2-4-12(5-6-12)10-14-7-3-11(8-13)9-14/h11H,2-10,13H2,1H3. The molecule has 0 radical (unpaired) electrons. The van der Waals surface area contributed by atoms with E-state index in [2.05, 4.69) is 11.8 Å². The summed E-state index contributed by atoms with van der Waals surface area (Å²) < 4.78 is 0. The lowest BCUT2D eigenvalue weighted by Gasteiger charge is -2.22.